The molecular weight excluding hydrogens is 615 g/mol. The first-order chi connectivity index (χ1) is 25.3. The third kappa shape index (κ3) is 4.34. The largest absolute Gasteiger partial charge is 0.310 e. The van der Waals surface area contributed by atoms with Gasteiger partial charge < -0.3 is 4.90 Å². The Morgan fingerprint density at radius 3 is 1.86 bits per heavy atom. The maximum Gasteiger partial charge on any atom is 0.0543 e. The van der Waals surface area contributed by atoms with Gasteiger partial charge in [0, 0.05) is 22.4 Å². The predicted octanol–water partition coefficient (Wildman–Crippen LogP) is 13.4. The van der Waals surface area contributed by atoms with Gasteiger partial charge in [-0.25, -0.2) is 0 Å². The molecule has 0 radical (unpaired) electrons. The summed E-state index contributed by atoms with van der Waals surface area (Å²) in [5.41, 5.74) is 14.9. The molecule has 51 heavy (non-hydrogen) atoms. The summed E-state index contributed by atoms with van der Waals surface area (Å²) in [6, 6.07) is 61.4. The number of rotatable bonds is 5. The van der Waals surface area contributed by atoms with Crippen molar-refractivity contribution in [3.8, 4) is 33.4 Å². The molecule has 1 spiro atoms. The van der Waals surface area contributed by atoms with Crippen molar-refractivity contribution in [2.24, 2.45) is 23.7 Å². The van der Waals surface area contributed by atoms with Gasteiger partial charge in [0.2, 0.25) is 0 Å². The van der Waals surface area contributed by atoms with Gasteiger partial charge in [0.05, 0.1) is 5.69 Å². The van der Waals surface area contributed by atoms with Crippen LogP contribution in [0.1, 0.15) is 43.2 Å². The Morgan fingerprint density at radius 1 is 0.431 bits per heavy atom. The zero-order chi connectivity index (χ0) is 33.5. The van der Waals surface area contributed by atoms with E-state index >= 15 is 0 Å². The number of fused-ring (bicyclic) bond motifs is 4. The van der Waals surface area contributed by atoms with E-state index in [1.54, 1.807) is 11.1 Å². The first kappa shape index (κ1) is 29.3. The third-order valence-corrected chi connectivity index (χ3v) is 13.2. The molecule has 5 aliphatic carbocycles. The van der Waals surface area contributed by atoms with Gasteiger partial charge in [-0.05, 0) is 136 Å². The molecule has 4 bridgehead atoms. The molecule has 0 saturated heterocycles. The van der Waals surface area contributed by atoms with Crippen LogP contribution in [0.25, 0.3) is 44.2 Å². The van der Waals surface area contributed by atoms with E-state index < -0.39 is 0 Å². The van der Waals surface area contributed by atoms with E-state index in [9.17, 15) is 0 Å². The van der Waals surface area contributed by atoms with Crippen molar-refractivity contribution in [3.63, 3.8) is 0 Å². The molecule has 0 amide bonds. The Kier molecular flexibility index (Phi) is 6.50. The molecule has 7 aromatic rings. The molecule has 0 aromatic heterocycles. The maximum atomic E-state index is 2.55. The highest BCUT2D eigenvalue weighted by atomic mass is 15.1. The van der Waals surface area contributed by atoms with Crippen molar-refractivity contribution in [3.05, 3.63) is 175 Å². The molecule has 7 aromatic carbocycles. The van der Waals surface area contributed by atoms with Crippen molar-refractivity contribution in [2.75, 3.05) is 4.90 Å². The molecule has 1 heteroatoms. The molecule has 4 fully saturated rings. The summed E-state index contributed by atoms with van der Waals surface area (Å²) in [7, 11) is 0. The summed E-state index contributed by atoms with van der Waals surface area (Å²) in [5.74, 6) is 3.32. The molecule has 0 heterocycles. The van der Waals surface area contributed by atoms with Crippen LogP contribution < -0.4 is 4.90 Å². The Morgan fingerprint density at radius 2 is 1.04 bits per heavy atom. The summed E-state index contributed by atoms with van der Waals surface area (Å²) < 4.78 is 0. The van der Waals surface area contributed by atoms with Crippen molar-refractivity contribution in [1.29, 1.82) is 0 Å². The molecule has 1 nitrogen and oxygen atoms in total. The minimum atomic E-state index is 0.128. The van der Waals surface area contributed by atoms with Crippen LogP contribution in [-0.4, -0.2) is 0 Å². The van der Waals surface area contributed by atoms with Crippen molar-refractivity contribution in [1.82, 2.24) is 0 Å². The summed E-state index contributed by atoms with van der Waals surface area (Å²) in [6.45, 7) is 0. The van der Waals surface area contributed by atoms with E-state index in [0.717, 1.165) is 23.7 Å². The lowest BCUT2D eigenvalue weighted by Gasteiger charge is -2.61. The third-order valence-electron chi connectivity index (χ3n) is 13.2. The van der Waals surface area contributed by atoms with Gasteiger partial charge in [0.25, 0.3) is 0 Å². The van der Waals surface area contributed by atoms with Crippen LogP contribution in [0.4, 0.5) is 17.1 Å². The van der Waals surface area contributed by atoms with Gasteiger partial charge in [-0.1, -0.05) is 133 Å². The number of hydrogen-bond donors (Lipinski definition) is 0. The van der Waals surface area contributed by atoms with E-state index in [1.165, 1.54) is 93.3 Å². The molecule has 0 unspecified atom stereocenters. The van der Waals surface area contributed by atoms with Crippen LogP contribution in [-0.2, 0) is 5.41 Å². The maximum absolute atomic E-state index is 2.55. The van der Waals surface area contributed by atoms with Crippen molar-refractivity contribution in [2.45, 2.75) is 37.5 Å². The second kappa shape index (κ2) is 11.3. The topological polar surface area (TPSA) is 3.24 Å². The zero-order valence-electron chi connectivity index (χ0n) is 28.9. The van der Waals surface area contributed by atoms with Crippen LogP contribution in [0.15, 0.2) is 164 Å². The highest BCUT2D eigenvalue weighted by Gasteiger charge is 2.61. The lowest BCUT2D eigenvalue weighted by atomic mass is 9.43. The number of benzene rings is 7. The van der Waals surface area contributed by atoms with Gasteiger partial charge in [-0.3, -0.25) is 0 Å². The minimum absolute atomic E-state index is 0.128. The number of hydrogen-bond acceptors (Lipinski definition) is 1. The molecule has 4 saturated carbocycles. The van der Waals surface area contributed by atoms with E-state index in [0.29, 0.717) is 0 Å². The molecule has 246 valence electrons. The quantitative estimate of drug-likeness (QED) is 0.178. The second-order valence-electron chi connectivity index (χ2n) is 15.7. The van der Waals surface area contributed by atoms with Crippen molar-refractivity contribution < 1.29 is 0 Å². The fraction of sp³-hybridized carbons (Fsp3) is 0.200. The molecule has 12 rings (SSSR count). The van der Waals surface area contributed by atoms with E-state index in [4.69, 9.17) is 0 Å². The Hall–Kier alpha value is -5.40. The Bertz CT molecular complexity index is 2400. The molecule has 0 aliphatic heterocycles. The number of anilines is 3. The Labute approximate surface area is 301 Å². The number of nitrogens with zero attached hydrogens (tertiary/aromatic N) is 1. The molecular formula is C50H41N. The lowest BCUT2D eigenvalue weighted by molar-refractivity contribution is -0.0399. The van der Waals surface area contributed by atoms with Crippen LogP contribution >= 0.6 is 0 Å². The normalized spacial score (nSPS) is 23.8. The molecule has 0 N–H and O–H groups in total. The van der Waals surface area contributed by atoms with E-state index in [2.05, 4.69) is 169 Å². The zero-order valence-corrected chi connectivity index (χ0v) is 28.9. The van der Waals surface area contributed by atoms with Gasteiger partial charge in [0.15, 0.2) is 0 Å². The Balaban J connectivity index is 1.13. The average molecular weight is 656 g/mol. The predicted molar refractivity (Wildman–Crippen MR) is 213 cm³/mol. The van der Waals surface area contributed by atoms with Crippen LogP contribution in [0.5, 0.6) is 0 Å². The summed E-state index contributed by atoms with van der Waals surface area (Å²) in [5, 5.41) is 2.56. The van der Waals surface area contributed by atoms with Crippen LogP contribution in [0.2, 0.25) is 0 Å². The van der Waals surface area contributed by atoms with Gasteiger partial charge in [0.1, 0.15) is 0 Å². The highest BCUT2D eigenvalue weighted by Crippen LogP contribution is 2.70. The molecule has 5 aliphatic rings. The SMILES string of the molecule is c1ccc(-c2ccc(N(c3cccc(-c4cccc5ccccc45)c3)c3cccc4c3-c3ccccc3C43C4CC5CC(C4)CC3C5)cc2)cc1. The van der Waals surface area contributed by atoms with Crippen molar-refractivity contribution >= 4 is 27.8 Å². The highest BCUT2D eigenvalue weighted by molar-refractivity contribution is 5.99. The van der Waals surface area contributed by atoms with E-state index in [1.807, 2.05) is 0 Å². The van der Waals surface area contributed by atoms with E-state index in [-0.39, 0.29) is 5.41 Å². The second-order valence-corrected chi connectivity index (χ2v) is 15.7. The fourth-order valence-electron chi connectivity index (χ4n) is 11.5. The van der Waals surface area contributed by atoms with Crippen LogP contribution in [0, 0.1) is 23.7 Å². The monoisotopic (exact) mass is 655 g/mol. The first-order valence-electron chi connectivity index (χ1n) is 19.0. The lowest BCUT2D eigenvalue weighted by Crippen LogP contribution is -2.55. The van der Waals surface area contributed by atoms with Gasteiger partial charge in [-0.2, -0.15) is 0 Å². The summed E-state index contributed by atoms with van der Waals surface area (Å²) >= 11 is 0. The summed E-state index contributed by atoms with van der Waals surface area (Å²) in [6.07, 6.45) is 7.04. The minimum Gasteiger partial charge on any atom is -0.310 e. The first-order valence-corrected chi connectivity index (χ1v) is 19.0. The van der Waals surface area contributed by atoms with Gasteiger partial charge >= 0.3 is 0 Å². The fourth-order valence-corrected chi connectivity index (χ4v) is 11.5. The smallest absolute Gasteiger partial charge is 0.0543 e. The summed E-state index contributed by atoms with van der Waals surface area (Å²) in [4.78, 5) is 2.55. The standard InChI is InChI=1S/C50H41N/c1-2-11-35(12-3-1)36-23-25-41(26-24-36)51(42-16-8-15-38(32-42)44-19-9-14-37-13-4-5-17-43(37)44)48-22-10-21-47-49(48)45-18-6-7-20-46(45)50(47)39-28-33-27-34(30-39)31-40(50)29-33/h1-26,32-34,39-40H,27-31H2. The van der Waals surface area contributed by atoms with Crippen LogP contribution in [0.3, 0.4) is 0 Å². The van der Waals surface area contributed by atoms with Gasteiger partial charge in [-0.15, -0.1) is 0 Å². The molecule has 0 atom stereocenters. The average Bonchev–Trinajstić information content (AvgIpc) is 3.49.